The Morgan fingerprint density at radius 3 is 0.368 bits per heavy atom. The molecule has 4 saturated heterocycles. The summed E-state index contributed by atoms with van der Waals surface area (Å²) in [5.74, 6) is 63.9. The second kappa shape index (κ2) is 40.8. The summed E-state index contributed by atoms with van der Waals surface area (Å²) in [5, 5.41) is 0. The van der Waals surface area contributed by atoms with Crippen LogP contribution in [0.5, 0.6) is 0 Å². The number of hydrogen-bond donors (Lipinski definition) is 0. The van der Waals surface area contributed by atoms with Gasteiger partial charge in [-0.2, -0.15) is 0 Å². The minimum Gasteiger partial charge on any atom is -0.370 e. The molecule has 0 amide bonds. The van der Waals surface area contributed by atoms with Crippen LogP contribution in [0.3, 0.4) is 0 Å². The molecule has 12 aromatic rings. The van der Waals surface area contributed by atoms with E-state index in [0.29, 0.717) is 0 Å². The summed E-state index contributed by atoms with van der Waals surface area (Å²) in [7, 11) is 15.7. The zero-order chi connectivity index (χ0) is 78.9. The van der Waals surface area contributed by atoms with Crippen molar-refractivity contribution in [3.8, 4) is 94.7 Å². The Kier molecular flexibility index (Phi) is 27.9. The molecule has 0 radical (unpaired) electrons. The number of hydrogen-bond acceptors (Lipinski definition) is 12. The van der Waals surface area contributed by atoms with E-state index in [-0.39, 0.29) is 0 Å². The van der Waals surface area contributed by atoms with Crippen LogP contribution < -0.4 is 19.6 Å². The maximum atomic E-state index is 3.50. The van der Waals surface area contributed by atoms with Gasteiger partial charge in [-0.15, -0.1) is 0 Å². The molecular formula is C105H80N4S8. The van der Waals surface area contributed by atoms with E-state index in [4.69, 9.17) is 0 Å². The van der Waals surface area contributed by atoms with Gasteiger partial charge in [-0.1, -0.05) is 230 Å². The fourth-order valence-corrected chi connectivity index (χ4v) is 22.0. The van der Waals surface area contributed by atoms with Gasteiger partial charge >= 0.3 is 0 Å². The third-order valence-corrected chi connectivity index (χ3v) is 29.9. The first-order chi connectivity index (χ1) is 57.9. The van der Waals surface area contributed by atoms with Crippen molar-refractivity contribution in [1.29, 1.82) is 0 Å². The molecule has 0 spiro atoms. The summed E-state index contributed by atoms with van der Waals surface area (Å²) >= 11 is 0. The molecule has 12 heteroatoms. The lowest BCUT2D eigenvalue weighted by molar-refractivity contribution is 0.744. The first-order valence-electron chi connectivity index (χ1n) is 39.3. The number of rotatable bonds is 8. The van der Waals surface area contributed by atoms with E-state index in [0.717, 1.165) is 210 Å². The lowest BCUT2D eigenvalue weighted by atomic mass is 9.65. The molecule has 0 aliphatic carbocycles. The maximum absolute atomic E-state index is 3.50. The highest BCUT2D eigenvalue weighted by Crippen LogP contribution is 2.46. The quantitative estimate of drug-likeness (QED) is 0.0817. The van der Waals surface area contributed by atoms with Crippen molar-refractivity contribution < 1.29 is 0 Å². The van der Waals surface area contributed by atoms with Gasteiger partial charge < -0.3 is 19.6 Å². The predicted octanol–water partition coefficient (Wildman–Crippen LogP) is 22.1. The molecule has 4 aliphatic heterocycles. The van der Waals surface area contributed by atoms with Gasteiger partial charge in [0.15, 0.2) is 0 Å². The van der Waals surface area contributed by atoms with Crippen molar-refractivity contribution in [2.45, 2.75) is 5.41 Å². The van der Waals surface area contributed by atoms with Crippen LogP contribution in [0.25, 0.3) is 0 Å². The lowest BCUT2D eigenvalue weighted by Crippen LogP contribution is -2.31. The molecule has 12 aromatic carbocycles. The van der Waals surface area contributed by atoms with Gasteiger partial charge in [-0.25, -0.2) is 0 Å². The van der Waals surface area contributed by atoms with E-state index in [1.807, 2.05) is 86.4 Å². The van der Waals surface area contributed by atoms with E-state index in [9.17, 15) is 0 Å². The summed E-state index contributed by atoms with van der Waals surface area (Å²) in [6, 6.07) is 103. The average molecular weight is 1650 g/mol. The van der Waals surface area contributed by atoms with Crippen LogP contribution in [0.2, 0.25) is 0 Å². The first kappa shape index (κ1) is 79.9. The summed E-state index contributed by atoms with van der Waals surface area (Å²) in [5.41, 5.74) is 23.4. The van der Waals surface area contributed by atoms with E-state index in [1.165, 1.54) is 22.7 Å². The lowest BCUT2D eigenvalue weighted by Gasteiger charge is -2.37. The van der Waals surface area contributed by atoms with Crippen molar-refractivity contribution >= 4 is 109 Å². The van der Waals surface area contributed by atoms with Gasteiger partial charge in [0.1, 0.15) is 0 Å². The van der Waals surface area contributed by atoms with Crippen molar-refractivity contribution in [3.63, 3.8) is 0 Å². The number of benzene rings is 12. The molecule has 4 nitrogen and oxygen atoms in total. The van der Waals surface area contributed by atoms with Crippen LogP contribution in [0, 0.1) is 94.7 Å². The normalized spacial score (nSPS) is 14.1. The van der Waals surface area contributed by atoms with Crippen molar-refractivity contribution in [2.24, 2.45) is 0 Å². The van der Waals surface area contributed by atoms with Gasteiger partial charge in [-0.05, 0) is 265 Å². The summed E-state index contributed by atoms with van der Waals surface area (Å²) in [6.45, 7) is 8.52. The molecular weight excluding hydrogens is 1570 g/mol. The van der Waals surface area contributed by atoms with Crippen molar-refractivity contribution in [1.82, 2.24) is 0 Å². The molecule has 0 atom stereocenters. The smallest absolute Gasteiger partial charge is 0.0701 e. The van der Waals surface area contributed by atoms with E-state index in [1.54, 1.807) is 0 Å². The SMILES string of the molecule is C(#Cc1ccc(N2CCSSCC2)cc1)c1ccc(C#Cc2ccc(C(c3ccc(C#Cc4ccc(C#Cc5ccc(N6CCSSCC6)cc5)cc4)cc3)(c3ccc(C#Cc4ccc(C#Cc5ccc(N6CCSSCC6)cc5)cc4)cc3)c3ccc(C#Cc4ccc(C#Cc5ccc(N6CCSSCC6)cc5)cc4)cc3)cc2)cc1. The van der Waals surface area contributed by atoms with Gasteiger partial charge in [-0.3, -0.25) is 0 Å². The molecule has 0 N–H and O–H groups in total. The molecule has 4 aliphatic rings. The van der Waals surface area contributed by atoms with Gasteiger partial charge in [0.2, 0.25) is 0 Å². The highest BCUT2D eigenvalue weighted by molar-refractivity contribution is 8.77. The Bertz CT molecular complexity index is 5180. The van der Waals surface area contributed by atoms with Crippen LogP contribution >= 0.6 is 86.4 Å². The topological polar surface area (TPSA) is 13.0 Å². The molecule has 0 bridgehead atoms. The highest BCUT2D eigenvalue weighted by atomic mass is 33.1. The molecule has 0 unspecified atom stereocenters. The van der Waals surface area contributed by atoms with E-state index < -0.39 is 5.41 Å². The Morgan fingerprint density at radius 1 is 0.145 bits per heavy atom. The Morgan fingerprint density at radius 2 is 0.248 bits per heavy atom. The summed E-state index contributed by atoms with van der Waals surface area (Å²) < 4.78 is 0. The van der Waals surface area contributed by atoms with Crippen LogP contribution in [0.15, 0.2) is 291 Å². The Hall–Kier alpha value is -10.9. The van der Waals surface area contributed by atoms with E-state index in [2.05, 4.69) is 406 Å². The fraction of sp³-hybridized carbons (Fsp3) is 0.162. The standard InChI is InChI=1S/C105H80N4S8/c1-9-85(21-29-93-41-57-101(58-42-93)106-65-73-110-111-74-66-106)10-2-81(1)17-25-89-33-49-97(50-34-89)105(98-51-35-90(36-52-98)26-18-82-3-11-86(12-4-82)22-30-94-43-59-102(60-44-94)107-67-75-112-113-76-68-107,99-53-37-91(38-54-99)27-19-83-5-13-87(14-6-83)23-31-95-45-61-103(62-46-95)108-69-77-114-115-78-70-108)100-55-39-92(40-56-100)28-20-84-7-15-88(16-8-84)24-32-96-47-63-104(64-48-96)109-71-79-116-117-80-72-109/h1-16,33-64H,65-80H2. The predicted molar refractivity (Wildman–Crippen MR) is 513 cm³/mol. The van der Waals surface area contributed by atoms with E-state index >= 15 is 0 Å². The summed E-state index contributed by atoms with van der Waals surface area (Å²) in [6.07, 6.45) is 0. The highest BCUT2D eigenvalue weighted by Gasteiger charge is 2.39. The largest absolute Gasteiger partial charge is 0.370 e. The van der Waals surface area contributed by atoms with Crippen LogP contribution in [0.1, 0.15) is 111 Å². The molecule has 4 heterocycles. The van der Waals surface area contributed by atoms with Crippen molar-refractivity contribution in [3.05, 3.63) is 402 Å². The molecule has 0 saturated carbocycles. The van der Waals surface area contributed by atoms with Crippen LogP contribution in [-0.4, -0.2) is 98.4 Å². The average Bonchev–Trinajstić information content (AvgIpc) is 0.756. The number of nitrogens with zero attached hydrogens (tertiary/aromatic N) is 4. The Balaban J connectivity index is 0.692. The minimum absolute atomic E-state index is 0.849. The second-order valence-electron chi connectivity index (χ2n) is 28.1. The molecule has 568 valence electrons. The monoisotopic (exact) mass is 1650 g/mol. The molecule has 117 heavy (non-hydrogen) atoms. The second-order valence-corrected chi connectivity index (χ2v) is 38.9. The van der Waals surface area contributed by atoms with Gasteiger partial charge in [0, 0.05) is 210 Å². The summed E-state index contributed by atoms with van der Waals surface area (Å²) in [4.78, 5) is 9.87. The number of anilines is 4. The third-order valence-electron chi connectivity index (χ3n) is 20.4. The van der Waals surface area contributed by atoms with Crippen LogP contribution in [-0.2, 0) is 5.41 Å². The zero-order valence-electron chi connectivity index (χ0n) is 64.6. The van der Waals surface area contributed by atoms with Crippen molar-refractivity contribution in [2.75, 3.05) is 118 Å². The minimum atomic E-state index is -0.849. The van der Waals surface area contributed by atoms with Gasteiger partial charge in [0.25, 0.3) is 0 Å². The molecule has 4 fully saturated rings. The Labute approximate surface area is 723 Å². The maximum Gasteiger partial charge on any atom is 0.0701 e. The fourth-order valence-electron chi connectivity index (χ4n) is 14.1. The molecule has 16 rings (SSSR count). The molecule has 0 aromatic heterocycles. The van der Waals surface area contributed by atoms with Crippen LogP contribution in [0.4, 0.5) is 22.7 Å². The first-order valence-corrected chi connectivity index (χ1v) is 49.2. The zero-order valence-corrected chi connectivity index (χ0v) is 71.1. The van der Waals surface area contributed by atoms with Gasteiger partial charge in [0.05, 0.1) is 5.41 Å². The third kappa shape index (κ3) is 22.1.